The molecule has 0 spiro atoms. The first-order chi connectivity index (χ1) is 16.8. The summed E-state index contributed by atoms with van der Waals surface area (Å²) in [5.74, 6) is -0.392. The van der Waals surface area contributed by atoms with Crippen LogP contribution in [0.1, 0.15) is 45.8 Å². The van der Waals surface area contributed by atoms with Crippen LogP contribution in [0.3, 0.4) is 0 Å². The Morgan fingerprint density at radius 3 is 2.80 bits per heavy atom. The number of aryl methyl sites for hydroxylation is 2. The molecule has 2 aromatic heterocycles. The standard InChI is InChI=1S/C24H31FN6O3S/c1-15-21(16(2)30-29-15)22(32)31(3)10-6-9-20(34-4)12-19-14-35-24(27-19)28-23(33)26-13-17-7-5-8-18(25)11-17/h5,7-8,11,14,20H,6,9-10,12-13H2,1-4H3,(H,29,30)(H2,26,27,28,33). The zero-order valence-electron chi connectivity index (χ0n) is 20.4. The van der Waals surface area contributed by atoms with Gasteiger partial charge in [0, 0.05) is 44.7 Å². The highest BCUT2D eigenvalue weighted by atomic mass is 32.1. The minimum atomic E-state index is -0.408. The molecule has 3 amide bonds. The molecule has 0 saturated heterocycles. The number of hydrogen-bond acceptors (Lipinski definition) is 6. The zero-order chi connectivity index (χ0) is 25.4. The Balaban J connectivity index is 1.42. The van der Waals surface area contributed by atoms with Crippen LogP contribution >= 0.6 is 11.3 Å². The van der Waals surface area contributed by atoms with Gasteiger partial charge in [0.1, 0.15) is 5.82 Å². The summed E-state index contributed by atoms with van der Waals surface area (Å²) in [6, 6.07) is 5.66. The van der Waals surface area contributed by atoms with Crippen molar-refractivity contribution in [3.8, 4) is 0 Å². The summed E-state index contributed by atoms with van der Waals surface area (Å²) in [4.78, 5) is 31.0. The summed E-state index contributed by atoms with van der Waals surface area (Å²) in [6.07, 6.45) is 2.06. The number of carbonyl (C=O) groups excluding carboxylic acids is 2. The van der Waals surface area contributed by atoms with E-state index in [0.29, 0.717) is 34.9 Å². The molecule has 0 aliphatic heterocycles. The molecule has 0 aliphatic carbocycles. The SMILES string of the molecule is COC(CCCN(C)C(=O)c1c(C)n[nH]c1C)Cc1csc(NC(=O)NCc2cccc(F)c2)n1. The lowest BCUT2D eigenvalue weighted by atomic mass is 10.1. The Morgan fingerprint density at radius 1 is 1.31 bits per heavy atom. The number of urea groups is 1. The number of H-pyrrole nitrogens is 1. The summed E-state index contributed by atoms with van der Waals surface area (Å²) >= 11 is 1.33. The average molecular weight is 503 g/mol. The van der Waals surface area contributed by atoms with Gasteiger partial charge in [0.05, 0.1) is 23.1 Å². The van der Waals surface area contributed by atoms with E-state index >= 15 is 0 Å². The minimum Gasteiger partial charge on any atom is -0.381 e. The highest BCUT2D eigenvalue weighted by Gasteiger charge is 2.19. The Labute approximate surface area is 208 Å². The van der Waals surface area contributed by atoms with E-state index in [1.54, 1.807) is 31.2 Å². The number of nitrogens with zero attached hydrogens (tertiary/aromatic N) is 3. The Kier molecular flexibility index (Phi) is 9.32. The number of nitrogens with one attached hydrogen (secondary N) is 3. The van der Waals surface area contributed by atoms with Crippen molar-refractivity contribution in [2.24, 2.45) is 0 Å². The number of anilines is 1. The summed E-state index contributed by atoms with van der Waals surface area (Å²) in [7, 11) is 3.44. The van der Waals surface area contributed by atoms with Gasteiger partial charge in [-0.05, 0) is 44.4 Å². The van der Waals surface area contributed by atoms with E-state index in [1.807, 2.05) is 19.2 Å². The van der Waals surface area contributed by atoms with Gasteiger partial charge in [-0.2, -0.15) is 5.10 Å². The maximum absolute atomic E-state index is 13.2. The van der Waals surface area contributed by atoms with Crippen molar-refractivity contribution in [3.05, 3.63) is 63.7 Å². The number of hydrogen-bond donors (Lipinski definition) is 3. The lowest BCUT2D eigenvalue weighted by Gasteiger charge is -2.19. The number of halogens is 1. The molecule has 1 atom stereocenters. The summed E-state index contributed by atoms with van der Waals surface area (Å²) in [5, 5.41) is 14.7. The van der Waals surface area contributed by atoms with Gasteiger partial charge in [0.15, 0.2) is 5.13 Å². The summed E-state index contributed by atoms with van der Waals surface area (Å²) < 4.78 is 18.9. The number of aromatic amines is 1. The fourth-order valence-electron chi connectivity index (χ4n) is 3.68. The van der Waals surface area contributed by atoms with Crippen LogP contribution in [0.5, 0.6) is 0 Å². The smallest absolute Gasteiger partial charge is 0.321 e. The van der Waals surface area contributed by atoms with Crippen molar-refractivity contribution in [2.75, 3.05) is 26.0 Å². The normalized spacial score (nSPS) is 11.8. The van der Waals surface area contributed by atoms with Gasteiger partial charge in [-0.15, -0.1) is 11.3 Å². The number of methoxy groups -OCH3 is 1. The number of carbonyl (C=O) groups is 2. The number of thiazole rings is 1. The predicted molar refractivity (Wildman–Crippen MR) is 133 cm³/mol. The second-order valence-electron chi connectivity index (χ2n) is 8.32. The summed E-state index contributed by atoms with van der Waals surface area (Å²) in [5.41, 5.74) is 3.58. The number of ether oxygens (including phenoxy) is 1. The van der Waals surface area contributed by atoms with Gasteiger partial charge in [-0.3, -0.25) is 15.2 Å². The van der Waals surface area contributed by atoms with Crippen molar-refractivity contribution in [1.29, 1.82) is 0 Å². The minimum absolute atomic E-state index is 0.0476. The first kappa shape index (κ1) is 26.3. The molecule has 0 bridgehead atoms. The van der Waals surface area contributed by atoms with Gasteiger partial charge in [-0.1, -0.05) is 12.1 Å². The molecule has 188 valence electrons. The van der Waals surface area contributed by atoms with Crippen LogP contribution < -0.4 is 10.6 Å². The van der Waals surface area contributed by atoms with Gasteiger partial charge in [-0.25, -0.2) is 14.2 Å². The van der Waals surface area contributed by atoms with Gasteiger partial charge in [0.25, 0.3) is 5.91 Å². The maximum atomic E-state index is 13.2. The third-order valence-corrected chi connectivity index (χ3v) is 6.40. The molecule has 2 heterocycles. The number of benzene rings is 1. The van der Waals surface area contributed by atoms with E-state index < -0.39 is 6.03 Å². The molecular weight excluding hydrogens is 471 g/mol. The number of aromatic nitrogens is 3. The maximum Gasteiger partial charge on any atom is 0.321 e. The van der Waals surface area contributed by atoms with Crippen molar-refractivity contribution in [1.82, 2.24) is 25.4 Å². The van der Waals surface area contributed by atoms with Crippen LogP contribution in [0.15, 0.2) is 29.6 Å². The van der Waals surface area contributed by atoms with Gasteiger partial charge < -0.3 is 15.0 Å². The van der Waals surface area contributed by atoms with Gasteiger partial charge >= 0.3 is 6.03 Å². The fraction of sp³-hybridized carbons (Fsp3) is 0.417. The van der Waals surface area contributed by atoms with Crippen LogP contribution in [-0.4, -0.2) is 58.8 Å². The van der Waals surface area contributed by atoms with Crippen LogP contribution in [0.25, 0.3) is 0 Å². The second-order valence-corrected chi connectivity index (χ2v) is 9.18. The topological polar surface area (TPSA) is 112 Å². The van der Waals surface area contributed by atoms with E-state index in [9.17, 15) is 14.0 Å². The van der Waals surface area contributed by atoms with E-state index in [0.717, 1.165) is 24.2 Å². The Hall–Kier alpha value is -3.31. The largest absolute Gasteiger partial charge is 0.381 e. The van der Waals surface area contributed by atoms with E-state index in [4.69, 9.17) is 4.74 Å². The lowest BCUT2D eigenvalue weighted by molar-refractivity contribution is 0.0745. The molecular formula is C24H31FN6O3S. The van der Waals surface area contributed by atoms with Crippen molar-refractivity contribution < 1.29 is 18.7 Å². The highest BCUT2D eigenvalue weighted by molar-refractivity contribution is 7.13. The fourth-order valence-corrected chi connectivity index (χ4v) is 4.40. The molecule has 0 aliphatic rings. The van der Waals surface area contributed by atoms with E-state index in [1.165, 1.54) is 23.5 Å². The molecule has 1 aromatic carbocycles. The molecule has 3 N–H and O–H groups in total. The monoisotopic (exact) mass is 502 g/mol. The Morgan fingerprint density at radius 2 is 2.11 bits per heavy atom. The molecule has 0 radical (unpaired) electrons. The lowest BCUT2D eigenvalue weighted by Crippen LogP contribution is -2.29. The zero-order valence-corrected chi connectivity index (χ0v) is 21.2. The number of rotatable bonds is 11. The van der Waals surface area contributed by atoms with Crippen LogP contribution in [0.4, 0.5) is 14.3 Å². The van der Waals surface area contributed by atoms with E-state index in [2.05, 4.69) is 25.8 Å². The van der Waals surface area contributed by atoms with Crippen molar-refractivity contribution in [2.45, 2.75) is 45.8 Å². The van der Waals surface area contributed by atoms with Gasteiger partial charge in [0.2, 0.25) is 0 Å². The molecule has 3 rings (SSSR count). The molecule has 3 aromatic rings. The summed E-state index contributed by atoms with van der Waals surface area (Å²) in [6.45, 7) is 4.46. The average Bonchev–Trinajstić information content (AvgIpc) is 3.41. The van der Waals surface area contributed by atoms with Crippen LogP contribution in [0.2, 0.25) is 0 Å². The van der Waals surface area contributed by atoms with Crippen LogP contribution in [-0.2, 0) is 17.7 Å². The second kappa shape index (κ2) is 12.4. The molecule has 0 fully saturated rings. The third kappa shape index (κ3) is 7.59. The highest BCUT2D eigenvalue weighted by Crippen LogP contribution is 2.19. The van der Waals surface area contributed by atoms with E-state index in [-0.39, 0.29) is 24.4 Å². The first-order valence-corrected chi connectivity index (χ1v) is 12.2. The third-order valence-electron chi connectivity index (χ3n) is 5.59. The molecule has 35 heavy (non-hydrogen) atoms. The Bertz CT molecular complexity index is 1130. The number of amides is 3. The molecule has 0 saturated carbocycles. The van der Waals surface area contributed by atoms with Crippen molar-refractivity contribution in [3.63, 3.8) is 0 Å². The van der Waals surface area contributed by atoms with Crippen LogP contribution in [0, 0.1) is 19.7 Å². The quantitative estimate of drug-likeness (QED) is 0.366. The predicted octanol–water partition coefficient (Wildman–Crippen LogP) is 4.05. The molecule has 1 unspecified atom stereocenters. The van der Waals surface area contributed by atoms with Crippen molar-refractivity contribution >= 4 is 28.4 Å². The molecule has 9 nitrogen and oxygen atoms in total. The molecule has 11 heteroatoms. The first-order valence-electron chi connectivity index (χ1n) is 11.3.